The van der Waals surface area contributed by atoms with Crippen molar-refractivity contribution < 1.29 is 4.79 Å². The molecule has 0 aliphatic heterocycles. The van der Waals surface area contributed by atoms with E-state index in [-0.39, 0.29) is 5.91 Å². The lowest BCUT2D eigenvalue weighted by Crippen LogP contribution is -2.26. The number of nitrogen functional groups attached to an aromatic ring is 1. The van der Waals surface area contributed by atoms with Crippen LogP contribution in [0, 0.1) is 0 Å². The number of benzene rings is 1. The SMILES string of the molecule is Nc1ccncc1C(=O)NCCc1cccc(Cl)c1. The summed E-state index contributed by atoms with van der Waals surface area (Å²) >= 11 is 5.89. The van der Waals surface area contributed by atoms with Gasteiger partial charge in [-0.05, 0) is 30.2 Å². The van der Waals surface area contributed by atoms with Gasteiger partial charge in [0.1, 0.15) is 0 Å². The maximum Gasteiger partial charge on any atom is 0.254 e. The fourth-order valence-corrected chi connectivity index (χ4v) is 1.92. The van der Waals surface area contributed by atoms with Gasteiger partial charge in [0.25, 0.3) is 5.91 Å². The van der Waals surface area contributed by atoms with Crippen molar-refractivity contribution in [1.82, 2.24) is 10.3 Å². The summed E-state index contributed by atoms with van der Waals surface area (Å²) in [5.74, 6) is -0.215. The third-order valence-corrected chi connectivity index (χ3v) is 2.92. The van der Waals surface area contributed by atoms with E-state index >= 15 is 0 Å². The van der Waals surface area contributed by atoms with E-state index in [1.807, 2.05) is 24.3 Å². The second-order valence-corrected chi connectivity index (χ2v) is 4.54. The van der Waals surface area contributed by atoms with Gasteiger partial charge in [-0.25, -0.2) is 0 Å². The maximum absolute atomic E-state index is 11.9. The van der Waals surface area contributed by atoms with E-state index in [0.29, 0.717) is 29.2 Å². The van der Waals surface area contributed by atoms with Crippen molar-refractivity contribution in [2.24, 2.45) is 0 Å². The summed E-state index contributed by atoms with van der Waals surface area (Å²) in [6.45, 7) is 0.521. The molecule has 0 aliphatic carbocycles. The van der Waals surface area contributed by atoms with E-state index < -0.39 is 0 Å². The van der Waals surface area contributed by atoms with Crippen molar-refractivity contribution in [2.75, 3.05) is 12.3 Å². The Bertz CT molecular complexity index is 586. The highest BCUT2D eigenvalue weighted by Gasteiger charge is 2.08. The van der Waals surface area contributed by atoms with Gasteiger partial charge >= 0.3 is 0 Å². The molecule has 98 valence electrons. The van der Waals surface area contributed by atoms with E-state index in [4.69, 9.17) is 17.3 Å². The summed E-state index contributed by atoms with van der Waals surface area (Å²) in [5.41, 5.74) is 7.60. The fraction of sp³-hybridized carbons (Fsp3) is 0.143. The van der Waals surface area contributed by atoms with Crippen LogP contribution in [-0.4, -0.2) is 17.4 Å². The van der Waals surface area contributed by atoms with E-state index in [1.54, 1.807) is 12.3 Å². The number of hydrogen-bond donors (Lipinski definition) is 2. The summed E-state index contributed by atoms with van der Waals surface area (Å²) < 4.78 is 0. The van der Waals surface area contributed by atoms with Crippen LogP contribution in [0.1, 0.15) is 15.9 Å². The Morgan fingerprint density at radius 2 is 2.21 bits per heavy atom. The highest BCUT2D eigenvalue weighted by atomic mass is 35.5. The zero-order valence-corrected chi connectivity index (χ0v) is 11.0. The fourth-order valence-electron chi connectivity index (χ4n) is 1.70. The van der Waals surface area contributed by atoms with Gasteiger partial charge < -0.3 is 11.1 Å². The van der Waals surface area contributed by atoms with Crippen LogP contribution in [-0.2, 0) is 6.42 Å². The molecule has 2 aromatic rings. The maximum atomic E-state index is 11.9. The molecule has 0 bridgehead atoms. The summed E-state index contributed by atoms with van der Waals surface area (Å²) in [6.07, 6.45) is 3.73. The van der Waals surface area contributed by atoms with Crippen molar-refractivity contribution in [1.29, 1.82) is 0 Å². The number of carbonyl (C=O) groups is 1. The van der Waals surface area contributed by atoms with Gasteiger partial charge in [-0.15, -0.1) is 0 Å². The van der Waals surface area contributed by atoms with Gasteiger partial charge in [-0.1, -0.05) is 23.7 Å². The molecule has 19 heavy (non-hydrogen) atoms. The van der Waals surface area contributed by atoms with Crippen molar-refractivity contribution in [3.8, 4) is 0 Å². The third kappa shape index (κ3) is 3.69. The zero-order chi connectivity index (χ0) is 13.7. The molecule has 1 aromatic carbocycles. The minimum Gasteiger partial charge on any atom is -0.398 e. The lowest BCUT2D eigenvalue weighted by Gasteiger charge is -2.07. The molecule has 0 saturated heterocycles. The predicted molar refractivity (Wildman–Crippen MR) is 76.1 cm³/mol. The van der Waals surface area contributed by atoms with Crippen LogP contribution < -0.4 is 11.1 Å². The molecular weight excluding hydrogens is 262 g/mol. The quantitative estimate of drug-likeness (QED) is 0.900. The van der Waals surface area contributed by atoms with Crippen LogP contribution in [0.3, 0.4) is 0 Å². The molecule has 5 heteroatoms. The van der Waals surface area contributed by atoms with Crippen LogP contribution in [0.25, 0.3) is 0 Å². The van der Waals surface area contributed by atoms with Crippen LogP contribution in [0.2, 0.25) is 5.02 Å². The Labute approximate surface area is 116 Å². The molecular formula is C14H14ClN3O. The second-order valence-electron chi connectivity index (χ2n) is 4.10. The van der Waals surface area contributed by atoms with Crippen molar-refractivity contribution in [3.63, 3.8) is 0 Å². The molecule has 0 unspecified atom stereocenters. The van der Waals surface area contributed by atoms with Gasteiger partial charge in [-0.3, -0.25) is 9.78 Å². The van der Waals surface area contributed by atoms with E-state index in [2.05, 4.69) is 10.3 Å². The molecule has 2 rings (SSSR count). The van der Waals surface area contributed by atoms with Gasteiger partial charge in [0.05, 0.1) is 5.56 Å². The van der Waals surface area contributed by atoms with E-state index in [1.165, 1.54) is 6.20 Å². The zero-order valence-electron chi connectivity index (χ0n) is 10.3. The number of pyridine rings is 1. The first-order chi connectivity index (χ1) is 9.16. The predicted octanol–water partition coefficient (Wildman–Crippen LogP) is 2.29. The van der Waals surface area contributed by atoms with Crippen LogP contribution in [0.5, 0.6) is 0 Å². The average Bonchev–Trinajstić information content (AvgIpc) is 2.39. The normalized spacial score (nSPS) is 10.2. The Morgan fingerprint density at radius 3 is 2.95 bits per heavy atom. The number of hydrogen-bond acceptors (Lipinski definition) is 3. The number of nitrogens with one attached hydrogen (secondary N) is 1. The van der Waals surface area contributed by atoms with E-state index in [9.17, 15) is 4.79 Å². The van der Waals surface area contributed by atoms with Gasteiger partial charge in [0.15, 0.2) is 0 Å². The van der Waals surface area contributed by atoms with Crippen molar-refractivity contribution in [2.45, 2.75) is 6.42 Å². The highest BCUT2D eigenvalue weighted by Crippen LogP contribution is 2.11. The highest BCUT2D eigenvalue weighted by molar-refractivity contribution is 6.30. The van der Waals surface area contributed by atoms with Crippen molar-refractivity contribution in [3.05, 3.63) is 58.9 Å². The monoisotopic (exact) mass is 275 g/mol. The second kappa shape index (κ2) is 6.20. The molecule has 0 aliphatic rings. The Balaban J connectivity index is 1.90. The number of rotatable bonds is 4. The minimum absolute atomic E-state index is 0.215. The molecule has 3 N–H and O–H groups in total. The number of carbonyl (C=O) groups excluding carboxylic acids is 1. The molecule has 1 heterocycles. The molecule has 1 aromatic heterocycles. The Morgan fingerprint density at radius 1 is 1.37 bits per heavy atom. The average molecular weight is 276 g/mol. The Kier molecular flexibility index (Phi) is 4.36. The first-order valence-electron chi connectivity index (χ1n) is 5.89. The van der Waals surface area contributed by atoms with Crippen LogP contribution in [0.15, 0.2) is 42.7 Å². The molecule has 0 saturated carbocycles. The third-order valence-electron chi connectivity index (χ3n) is 2.69. The number of amides is 1. The number of anilines is 1. The standard InChI is InChI=1S/C14H14ClN3O/c15-11-3-1-2-10(8-11)4-7-18-14(19)12-9-17-6-5-13(12)16/h1-3,5-6,8-9H,4,7H2,(H2,16,17)(H,18,19). The molecule has 0 fully saturated rings. The molecule has 0 radical (unpaired) electrons. The lowest BCUT2D eigenvalue weighted by atomic mass is 10.1. The Hall–Kier alpha value is -2.07. The minimum atomic E-state index is -0.215. The number of nitrogens with two attached hydrogens (primary N) is 1. The molecule has 1 amide bonds. The summed E-state index contributed by atoms with van der Waals surface area (Å²) in [4.78, 5) is 15.8. The van der Waals surface area contributed by atoms with Crippen LogP contribution in [0.4, 0.5) is 5.69 Å². The lowest BCUT2D eigenvalue weighted by molar-refractivity contribution is 0.0954. The van der Waals surface area contributed by atoms with Gasteiger partial charge in [0.2, 0.25) is 0 Å². The van der Waals surface area contributed by atoms with Crippen LogP contribution >= 0.6 is 11.6 Å². The largest absolute Gasteiger partial charge is 0.398 e. The molecule has 0 atom stereocenters. The number of nitrogens with zero attached hydrogens (tertiary/aromatic N) is 1. The number of aromatic nitrogens is 1. The summed E-state index contributed by atoms with van der Waals surface area (Å²) in [7, 11) is 0. The van der Waals surface area contributed by atoms with Crippen molar-refractivity contribution >= 4 is 23.2 Å². The topological polar surface area (TPSA) is 68.0 Å². The smallest absolute Gasteiger partial charge is 0.254 e. The summed E-state index contributed by atoms with van der Waals surface area (Å²) in [6, 6.07) is 9.16. The summed E-state index contributed by atoms with van der Waals surface area (Å²) in [5, 5.41) is 3.50. The van der Waals surface area contributed by atoms with E-state index in [0.717, 1.165) is 5.56 Å². The van der Waals surface area contributed by atoms with Gasteiger partial charge in [0, 0.05) is 29.6 Å². The number of halogens is 1. The first kappa shape index (κ1) is 13.4. The molecule has 0 spiro atoms. The first-order valence-corrected chi connectivity index (χ1v) is 6.27. The van der Waals surface area contributed by atoms with Gasteiger partial charge in [-0.2, -0.15) is 0 Å². The molecule has 4 nitrogen and oxygen atoms in total.